The quantitative estimate of drug-likeness (QED) is 0.234. The Morgan fingerprint density at radius 2 is 1.70 bits per heavy atom. The van der Waals surface area contributed by atoms with Crippen LogP contribution in [0.25, 0.3) is 0 Å². The van der Waals surface area contributed by atoms with Crippen molar-refractivity contribution >= 4 is 18.0 Å². The molecule has 1 aromatic carbocycles. The minimum absolute atomic E-state index is 0.277. The van der Waals surface area contributed by atoms with E-state index in [2.05, 4.69) is 22.4 Å². The van der Waals surface area contributed by atoms with Crippen molar-refractivity contribution in [1.82, 2.24) is 5.43 Å². The summed E-state index contributed by atoms with van der Waals surface area (Å²) in [6.07, 6.45) is 11.7. The molecule has 7 nitrogen and oxygen atoms in total. The van der Waals surface area contributed by atoms with E-state index in [1.165, 1.54) is 51.2 Å². The molecule has 1 aromatic heterocycles. The van der Waals surface area contributed by atoms with Crippen LogP contribution >= 0.6 is 0 Å². The summed E-state index contributed by atoms with van der Waals surface area (Å²) in [7, 11) is 0. The Morgan fingerprint density at radius 1 is 1.00 bits per heavy atom. The molecular formula is C26H37N3O4. The minimum atomic E-state index is -0.277. The van der Waals surface area contributed by atoms with Crippen LogP contribution < -0.4 is 15.1 Å². The Balaban J connectivity index is 1.32. The van der Waals surface area contributed by atoms with Gasteiger partial charge in [-0.25, -0.2) is 5.43 Å². The van der Waals surface area contributed by atoms with Gasteiger partial charge in [-0.05, 0) is 36.8 Å². The predicted octanol–water partition coefficient (Wildman–Crippen LogP) is 5.40. The molecule has 0 spiro atoms. The Morgan fingerprint density at radius 3 is 2.42 bits per heavy atom. The number of amides is 1. The fourth-order valence-electron chi connectivity index (χ4n) is 3.71. The number of morpholine rings is 1. The van der Waals surface area contributed by atoms with Gasteiger partial charge in [-0.2, -0.15) is 5.10 Å². The van der Waals surface area contributed by atoms with Crippen molar-refractivity contribution < 1.29 is 18.7 Å². The van der Waals surface area contributed by atoms with Gasteiger partial charge in [0.25, 0.3) is 5.91 Å². The van der Waals surface area contributed by atoms with Crippen molar-refractivity contribution in [2.75, 3.05) is 37.8 Å². The lowest BCUT2D eigenvalue weighted by atomic mass is 10.1. The van der Waals surface area contributed by atoms with Crippen molar-refractivity contribution in [3.63, 3.8) is 0 Å². The number of nitrogens with one attached hydrogen (secondary N) is 1. The number of rotatable bonds is 14. The Labute approximate surface area is 197 Å². The molecule has 1 aliphatic rings. The molecule has 3 rings (SSSR count). The van der Waals surface area contributed by atoms with E-state index in [-0.39, 0.29) is 5.91 Å². The average molecular weight is 456 g/mol. The molecule has 1 amide bonds. The summed E-state index contributed by atoms with van der Waals surface area (Å²) in [4.78, 5) is 14.4. The largest absolute Gasteiger partial charge is 0.494 e. The Kier molecular flexibility index (Phi) is 10.8. The molecule has 2 aromatic rings. The molecule has 2 heterocycles. The number of carbonyl (C=O) groups is 1. The number of anilines is 1. The molecule has 1 N–H and O–H groups in total. The highest BCUT2D eigenvalue weighted by molar-refractivity contribution is 5.94. The van der Waals surface area contributed by atoms with Crippen LogP contribution in [0.1, 0.15) is 74.4 Å². The molecule has 0 unspecified atom stereocenters. The van der Waals surface area contributed by atoms with Gasteiger partial charge in [0.15, 0.2) is 5.88 Å². The maximum absolute atomic E-state index is 12.3. The molecule has 33 heavy (non-hydrogen) atoms. The minimum Gasteiger partial charge on any atom is -0.494 e. The van der Waals surface area contributed by atoms with Gasteiger partial charge in [-0.3, -0.25) is 4.79 Å². The van der Waals surface area contributed by atoms with Gasteiger partial charge in [0, 0.05) is 24.7 Å². The van der Waals surface area contributed by atoms with Crippen LogP contribution in [0.15, 0.2) is 45.9 Å². The first-order valence-corrected chi connectivity index (χ1v) is 12.2. The molecule has 7 heteroatoms. The van der Waals surface area contributed by atoms with Crippen LogP contribution in [-0.2, 0) is 4.74 Å². The van der Waals surface area contributed by atoms with Gasteiger partial charge in [0.1, 0.15) is 11.5 Å². The summed E-state index contributed by atoms with van der Waals surface area (Å²) < 4.78 is 16.9. The predicted molar refractivity (Wildman–Crippen MR) is 131 cm³/mol. The van der Waals surface area contributed by atoms with Gasteiger partial charge < -0.3 is 18.8 Å². The number of ether oxygens (including phenoxy) is 2. The first-order chi connectivity index (χ1) is 16.3. The van der Waals surface area contributed by atoms with E-state index >= 15 is 0 Å². The lowest BCUT2D eigenvalue weighted by Gasteiger charge is -2.26. The maximum atomic E-state index is 12.3. The molecule has 1 fully saturated rings. The van der Waals surface area contributed by atoms with Crippen LogP contribution in [0.3, 0.4) is 0 Å². The van der Waals surface area contributed by atoms with Gasteiger partial charge in [0.2, 0.25) is 0 Å². The second-order valence-electron chi connectivity index (χ2n) is 8.32. The molecule has 0 atom stereocenters. The van der Waals surface area contributed by atoms with Crippen LogP contribution in [0.2, 0.25) is 0 Å². The van der Waals surface area contributed by atoms with E-state index in [1.54, 1.807) is 12.1 Å². The molecule has 0 bridgehead atoms. The van der Waals surface area contributed by atoms with E-state index in [1.807, 2.05) is 24.3 Å². The highest BCUT2D eigenvalue weighted by Gasteiger charge is 2.14. The number of hydrogen-bond acceptors (Lipinski definition) is 6. The zero-order valence-corrected chi connectivity index (χ0v) is 19.8. The third-order valence-electron chi connectivity index (χ3n) is 5.68. The highest BCUT2D eigenvalue weighted by Crippen LogP contribution is 2.18. The summed E-state index contributed by atoms with van der Waals surface area (Å²) in [6, 6.07) is 10.9. The second-order valence-corrected chi connectivity index (χ2v) is 8.32. The van der Waals surface area contributed by atoms with E-state index in [4.69, 9.17) is 13.9 Å². The fraction of sp³-hybridized carbons (Fsp3) is 0.538. The van der Waals surface area contributed by atoms with Crippen LogP contribution in [0.4, 0.5) is 5.88 Å². The zero-order chi connectivity index (χ0) is 23.1. The summed E-state index contributed by atoms with van der Waals surface area (Å²) in [5.74, 6) is 1.88. The van der Waals surface area contributed by atoms with Crippen molar-refractivity contribution in [2.24, 2.45) is 5.10 Å². The van der Waals surface area contributed by atoms with Crippen LogP contribution in [0.5, 0.6) is 5.75 Å². The van der Waals surface area contributed by atoms with E-state index in [9.17, 15) is 4.79 Å². The van der Waals surface area contributed by atoms with Crippen molar-refractivity contribution in [2.45, 2.75) is 58.3 Å². The third-order valence-corrected chi connectivity index (χ3v) is 5.68. The number of nitrogens with zero attached hydrogens (tertiary/aromatic N) is 2. The molecule has 180 valence electrons. The van der Waals surface area contributed by atoms with Crippen molar-refractivity contribution in [3.8, 4) is 5.75 Å². The lowest BCUT2D eigenvalue weighted by molar-refractivity contribution is 0.0955. The number of carbonyl (C=O) groups excluding carboxylic acids is 1. The Bertz CT molecular complexity index is 841. The molecule has 0 saturated carbocycles. The summed E-state index contributed by atoms with van der Waals surface area (Å²) in [6.45, 7) is 5.96. The second kappa shape index (κ2) is 14.4. The molecule has 0 radical (unpaired) electrons. The van der Waals surface area contributed by atoms with E-state index in [0.29, 0.717) is 31.1 Å². The lowest BCUT2D eigenvalue weighted by Crippen LogP contribution is -2.35. The maximum Gasteiger partial charge on any atom is 0.271 e. The smallest absolute Gasteiger partial charge is 0.271 e. The topological polar surface area (TPSA) is 76.3 Å². The highest BCUT2D eigenvalue weighted by atomic mass is 16.5. The summed E-state index contributed by atoms with van der Waals surface area (Å²) in [5.41, 5.74) is 3.06. The van der Waals surface area contributed by atoms with Crippen molar-refractivity contribution in [1.29, 1.82) is 0 Å². The van der Waals surface area contributed by atoms with Gasteiger partial charge in [-0.15, -0.1) is 0 Å². The summed E-state index contributed by atoms with van der Waals surface area (Å²) >= 11 is 0. The third kappa shape index (κ3) is 8.92. The number of hydrazone groups is 1. The number of hydrogen-bond donors (Lipinski definition) is 1. The molecule has 1 saturated heterocycles. The SMILES string of the molecule is CCCCCCCCCCOc1ccc(C(=O)NN=Cc2ccc(N3CCOCC3)o2)cc1. The zero-order valence-electron chi connectivity index (χ0n) is 19.8. The summed E-state index contributed by atoms with van der Waals surface area (Å²) in [5, 5.41) is 4.01. The average Bonchev–Trinajstić information content (AvgIpc) is 3.33. The first-order valence-electron chi connectivity index (χ1n) is 12.2. The molecule has 0 aliphatic carbocycles. The monoisotopic (exact) mass is 455 g/mol. The molecule has 1 aliphatic heterocycles. The number of unbranched alkanes of at least 4 members (excludes halogenated alkanes) is 7. The van der Waals surface area contributed by atoms with Gasteiger partial charge >= 0.3 is 0 Å². The number of benzene rings is 1. The van der Waals surface area contributed by atoms with E-state index < -0.39 is 0 Å². The standard InChI is InChI=1S/C26H37N3O4/c1-2-3-4-5-6-7-8-9-18-32-23-12-10-22(11-13-23)26(30)28-27-21-24-14-15-25(33-24)29-16-19-31-20-17-29/h10-15,21H,2-9,16-20H2,1H3,(H,28,30). The first kappa shape index (κ1) is 24.8. The van der Waals surface area contributed by atoms with Gasteiger partial charge in [-0.1, -0.05) is 51.9 Å². The fourth-order valence-corrected chi connectivity index (χ4v) is 3.71. The molecular weight excluding hydrogens is 418 g/mol. The van der Waals surface area contributed by atoms with E-state index in [0.717, 1.165) is 31.1 Å². The van der Waals surface area contributed by atoms with Crippen LogP contribution in [-0.4, -0.2) is 45.0 Å². The van der Waals surface area contributed by atoms with Crippen LogP contribution in [0, 0.1) is 0 Å². The van der Waals surface area contributed by atoms with Gasteiger partial charge in [0.05, 0.1) is 26.0 Å². The van der Waals surface area contributed by atoms with Crippen molar-refractivity contribution in [3.05, 3.63) is 47.7 Å². The Hall–Kier alpha value is -2.80. The number of furan rings is 1. The normalized spacial score (nSPS) is 14.0.